The number of anilines is 1. The number of aromatic amines is 1. The third kappa shape index (κ3) is 4.56. The zero-order valence-electron chi connectivity index (χ0n) is 18.4. The lowest BCUT2D eigenvalue weighted by molar-refractivity contribution is -0.116. The topological polar surface area (TPSA) is 107 Å². The first-order chi connectivity index (χ1) is 15.4. The van der Waals surface area contributed by atoms with Crippen LogP contribution in [0.5, 0.6) is 5.75 Å². The molecule has 0 fully saturated rings. The first-order valence-corrected chi connectivity index (χ1v) is 10.5. The van der Waals surface area contributed by atoms with Gasteiger partial charge in [0.05, 0.1) is 12.2 Å². The maximum Gasteiger partial charge on any atom is 0.253 e. The molecule has 0 aliphatic carbocycles. The van der Waals surface area contributed by atoms with Crippen LogP contribution in [0, 0.1) is 13.8 Å². The van der Waals surface area contributed by atoms with Crippen LogP contribution < -0.4 is 15.6 Å². The van der Waals surface area contributed by atoms with Gasteiger partial charge in [0, 0.05) is 48.6 Å². The third-order valence-corrected chi connectivity index (χ3v) is 5.42. The van der Waals surface area contributed by atoms with Crippen molar-refractivity contribution < 1.29 is 9.53 Å². The molecular weight excluding hydrogens is 408 g/mol. The molecule has 0 saturated heterocycles. The number of hydrogen-bond acceptors (Lipinski definition) is 5. The number of aryl methyl sites for hydroxylation is 3. The number of H-pyrrole nitrogens is 1. The van der Waals surface area contributed by atoms with Gasteiger partial charge in [-0.25, -0.2) is 0 Å². The summed E-state index contributed by atoms with van der Waals surface area (Å²) in [5.74, 6) is 0.500. The van der Waals surface area contributed by atoms with Crippen LogP contribution in [0.2, 0.25) is 0 Å². The van der Waals surface area contributed by atoms with E-state index in [2.05, 4.69) is 20.5 Å². The smallest absolute Gasteiger partial charge is 0.253 e. The van der Waals surface area contributed by atoms with Gasteiger partial charge in [-0.05, 0) is 44.0 Å². The number of nitrogens with zero attached hydrogens (tertiary/aromatic N) is 4. The molecule has 4 aromatic rings. The Hall–Kier alpha value is -3.88. The summed E-state index contributed by atoms with van der Waals surface area (Å²) in [5.41, 5.74) is 3.50. The predicted octanol–water partition coefficient (Wildman–Crippen LogP) is 2.73. The van der Waals surface area contributed by atoms with Gasteiger partial charge in [0.1, 0.15) is 18.0 Å². The second-order valence-corrected chi connectivity index (χ2v) is 7.68. The summed E-state index contributed by atoms with van der Waals surface area (Å²) in [6.07, 6.45) is 4.14. The van der Waals surface area contributed by atoms with Crippen LogP contribution in [-0.4, -0.2) is 37.1 Å². The van der Waals surface area contributed by atoms with E-state index in [4.69, 9.17) is 4.74 Å². The van der Waals surface area contributed by atoms with Gasteiger partial charge in [0.25, 0.3) is 5.56 Å². The van der Waals surface area contributed by atoms with Gasteiger partial charge in [0.15, 0.2) is 0 Å². The van der Waals surface area contributed by atoms with Gasteiger partial charge >= 0.3 is 0 Å². The average molecular weight is 435 g/mol. The Labute approximate surface area is 185 Å². The van der Waals surface area contributed by atoms with E-state index < -0.39 is 0 Å². The van der Waals surface area contributed by atoms with Crippen molar-refractivity contribution in [3.63, 3.8) is 0 Å². The highest BCUT2D eigenvalue weighted by atomic mass is 16.5. The molecule has 32 heavy (non-hydrogen) atoms. The third-order valence-electron chi connectivity index (χ3n) is 5.42. The lowest BCUT2D eigenvalue weighted by Crippen LogP contribution is -2.19. The Morgan fingerprint density at radius 3 is 2.88 bits per heavy atom. The fourth-order valence-corrected chi connectivity index (χ4v) is 3.87. The van der Waals surface area contributed by atoms with Crippen LogP contribution in [0.1, 0.15) is 23.2 Å². The lowest BCUT2D eigenvalue weighted by atomic mass is 10.0. The molecule has 3 heterocycles. The van der Waals surface area contributed by atoms with E-state index in [1.54, 1.807) is 34.7 Å². The minimum atomic E-state index is -0.182. The highest BCUT2D eigenvalue weighted by Crippen LogP contribution is 2.22. The number of carbonyl (C=O) groups excluding carboxylic acids is 1. The number of ether oxygens (including phenoxy) is 1. The van der Waals surface area contributed by atoms with E-state index >= 15 is 0 Å². The van der Waals surface area contributed by atoms with E-state index in [1.165, 1.54) is 0 Å². The molecule has 0 bridgehead atoms. The number of carbonyl (C=O) groups is 1. The van der Waals surface area contributed by atoms with Crippen molar-refractivity contribution in [2.75, 3.05) is 11.9 Å². The fraction of sp³-hybridized carbons (Fsp3) is 0.304. The van der Waals surface area contributed by atoms with Gasteiger partial charge in [-0.2, -0.15) is 10.2 Å². The van der Waals surface area contributed by atoms with Crippen LogP contribution in [0.25, 0.3) is 11.0 Å². The van der Waals surface area contributed by atoms with E-state index in [-0.39, 0.29) is 17.9 Å². The van der Waals surface area contributed by atoms with Crippen molar-refractivity contribution in [1.29, 1.82) is 0 Å². The van der Waals surface area contributed by atoms with Crippen molar-refractivity contribution in [2.24, 2.45) is 7.05 Å². The number of amides is 1. The molecular formula is C23H26N6O3. The number of pyridine rings is 1. The highest BCUT2D eigenvalue weighted by molar-refractivity contribution is 5.91. The Morgan fingerprint density at radius 2 is 2.09 bits per heavy atom. The summed E-state index contributed by atoms with van der Waals surface area (Å²) in [6, 6.07) is 9.12. The van der Waals surface area contributed by atoms with Crippen LogP contribution in [-0.2, 0) is 24.8 Å². The molecule has 2 N–H and O–H groups in total. The number of fused-ring (bicyclic) bond motifs is 1. The van der Waals surface area contributed by atoms with Crippen LogP contribution >= 0.6 is 0 Å². The van der Waals surface area contributed by atoms with E-state index in [0.29, 0.717) is 42.2 Å². The molecule has 166 valence electrons. The Kier molecular flexibility index (Phi) is 6.07. The molecule has 9 heteroatoms. The molecule has 0 aliphatic rings. The van der Waals surface area contributed by atoms with Gasteiger partial charge in [-0.3, -0.25) is 19.0 Å². The van der Waals surface area contributed by atoms with E-state index in [9.17, 15) is 9.59 Å². The predicted molar refractivity (Wildman–Crippen MR) is 122 cm³/mol. The monoisotopic (exact) mass is 434 g/mol. The van der Waals surface area contributed by atoms with Crippen molar-refractivity contribution in [1.82, 2.24) is 24.5 Å². The zero-order valence-corrected chi connectivity index (χ0v) is 18.4. The summed E-state index contributed by atoms with van der Waals surface area (Å²) in [6.45, 7) is 4.92. The van der Waals surface area contributed by atoms with Crippen LogP contribution in [0.3, 0.4) is 0 Å². The minimum absolute atomic E-state index is 0.166. The van der Waals surface area contributed by atoms with E-state index in [1.807, 2.05) is 38.2 Å². The molecule has 0 atom stereocenters. The summed E-state index contributed by atoms with van der Waals surface area (Å²) < 4.78 is 9.21. The van der Waals surface area contributed by atoms with Crippen molar-refractivity contribution >= 4 is 22.6 Å². The first-order valence-electron chi connectivity index (χ1n) is 10.5. The van der Waals surface area contributed by atoms with Gasteiger partial charge in [-0.15, -0.1) is 0 Å². The van der Waals surface area contributed by atoms with Gasteiger partial charge in [0.2, 0.25) is 5.91 Å². The summed E-state index contributed by atoms with van der Waals surface area (Å²) >= 11 is 0. The molecule has 0 aliphatic heterocycles. The SMILES string of the molecule is Cc1nn(C)c2[nH]c(=O)c(CCC(=O)Nc3cccc(OCCn4cccn4)c3)c(C)c12. The number of aromatic nitrogens is 5. The average Bonchev–Trinajstić information content (AvgIpc) is 3.36. The van der Waals surface area contributed by atoms with Gasteiger partial charge < -0.3 is 15.0 Å². The van der Waals surface area contributed by atoms with Crippen molar-refractivity contribution in [2.45, 2.75) is 33.2 Å². The summed E-state index contributed by atoms with van der Waals surface area (Å²) in [7, 11) is 1.80. The summed E-state index contributed by atoms with van der Waals surface area (Å²) in [4.78, 5) is 28.0. The second kappa shape index (κ2) is 9.09. The number of nitrogens with one attached hydrogen (secondary N) is 2. The standard InChI is InChI=1S/C23H26N6O3/c1-15-19(23(31)26-22-21(15)16(2)27-28(22)3)8-9-20(30)25-17-6-4-7-18(14-17)32-13-12-29-11-5-10-24-29/h4-7,10-11,14H,8-9,12-13H2,1-3H3,(H,25,30)(H,26,31). The molecule has 0 saturated carbocycles. The maximum absolute atomic E-state index is 12.6. The summed E-state index contributed by atoms with van der Waals surface area (Å²) in [5, 5.41) is 12.3. The zero-order chi connectivity index (χ0) is 22.7. The van der Waals surface area contributed by atoms with Crippen LogP contribution in [0.15, 0.2) is 47.5 Å². The van der Waals surface area contributed by atoms with Crippen molar-refractivity contribution in [3.8, 4) is 5.75 Å². The number of rotatable bonds is 8. The quantitative estimate of drug-likeness (QED) is 0.443. The maximum atomic E-state index is 12.6. The second-order valence-electron chi connectivity index (χ2n) is 7.68. The van der Waals surface area contributed by atoms with Crippen LogP contribution in [0.4, 0.5) is 5.69 Å². The molecule has 0 spiro atoms. The normalized spacial score (nSPS) is 11.1. The molecule has 0 radical (unpaired) electrons. The molecule has 9 nitrogen and oxygen atoms in total. The molecule has 3 aromatic heterocycles. The first kappa shape index (κ1) is 21.4. The van der Waals surface area contributed by atoms with Crippen molar-refractivity contribution in [3.05, 3.63) is 69.9 Å². The van der Waals surface area contributed by atoms with E-state index in [0.717, 1.165) is 16.6 Å². The Balaban J connectivity index is 1.37. The van der Waals surface area contributed by atoms with Gasteiger partial charge in [-0.1, -0.05) is 6.07 Å². The number of benzene rings is 1. The molecule has 0 unspecified atom stereocenters. The fourth-order valence-electron chi connectivity index (χ4n) is 3.87. The molecule has 1 amide bonds. The number of hydrogen-bond donors (Lipinski definition) is 2. The Bertz CT molecular complexity index is 1300. The lowest BCUT2D eigenvalue weighted by Gasteiger charge is -2.10. The highest BCUT2D eigenvalue weighted by Gasteiger charge is 2.16. The largest absolute Gasteiger partial charge is 0.492 e. The minimum Gasteiger partial charge on any atom is -0.492 e. The Morgan fingerprint density at radius 1 is 1.25 bits per heavy atom. The molecule has 4 rings (SSSR count). The molecule has 1 aromatic carbocycles.